The van der Waals surface area contributed by atoms with Gasteiger partial charge in [0.05, 0.1) is 41.0 Å². The van der Waals surface area contributed by atoms with Crippen LogP contribution in [0.1, 0.15) is 62.7 Å². The van der Waals surface area contributed by atoms with Gasteiger partial charge in [0.15, 0.2) is 0 Å². The summed E-state index contributed by atoms with van der Waals surface area (Å²) in [6.45, 7) is 10.2. The number of rotatable bonds is 5. The number of aliphatic hydroxyl groups excluding tert-OH is 1. The van der Waals surface area contributed by atoms with E-state index >= 15 is 0 Å². The van der Waals surface area contributed by atoms with Crippen LogP contribution in [0.5, 0.6) is 0 Å². The minimum atomic E-state index is -0.259. The highest BCUT2D eigenvalue weighted by Gasteiger charge is 2.58. The van der Waals surface area contributed by atoms with Crippen LogP contribution < -0.4 is 0 Å². The smallest absolute Gasteiger partial charge is 0.148 e. The van der Waals surface area contributed by atoms with Gasteiger partial charge in [-0.15, -0.1) is 0 Å². The van der Waals surface area contributed by atoms with Gasteiger partial charge in [0.2, 0.25) is 0 Å². The maximum absolute atomic E-state index is 11.4. The Bertz CT molecular complexity index is 1010. The molecule has 3 unspecified atom stereocenters. The number of allylic oxidation sites excluding steroid dienone is 4. The third kappa shape index (κ3) is 3.24. The van der Waals surface area contributed by atoms with Crippen molar-refractivity contribution in [2.75, 3.05) is 13.1 Å². The van der Waals surface area contributed by atoms with Crippen molar-refractivity contribution < 1.29 is 9.63 Å². The minimum Gasteiger partial charge on any atom is -0.392 e. The van der Waals surface area contributed by atoms with Gasteiger partial charge in [-0.1, -0.05) is 24.2 Å². The van der Waals surface area contributed by atoms with Crippen LogP contribution in [-0.2, 0) is 0 Å². The first-order valence-electron chi connectivity index (χ1n) is 11.4. The van der Waals surface area contributed by atoms with Crippen molar-refractivity contribution in [3.63, 3.8) is 0 Å². The van der Waals surface area contributed by atoms with Gasteiger partial charge in [-0.3, -0.25) is 0 Å². The maximum Gasteiger partial charge on any atom is 0.148 e. The summed E-state index contributed by atoms with van der Waals surface area (Å²) in [6.07, 6.45) is 12.1. The normalized spacial score (nSPS) is 28.0. The first kappa shape index (κ1) is 21.0. The fourth-order valence-electron chi connectivity index (χ4n) is 5.99. The molecule has 2 aliphatic heterocycles. The average Bonchev–Trinajstić information content (AvgIpc) is 3.44. The van der Waals surface area contributed by atoms with E-state index in [0.29, 0.717) is 0 Å². The molecule has 7 heteroatoms. The third-order valence-electron chi connectivity index (χ3n) is 7.65. The molecule has 0 aromatic carbocycles. The van der Waals surface area contributed by atoms with Crippen LogP contribution >= 0.6 is 11.9 Å². The summed E-state index contributed by atoms with van der Waals surface area (Å²) in [6, 6.07) is 0.240. The molecule has 1 spiro atoms. The summed E-state index contributed by atoms with van der Waals surface area (Å²) in [7, 11) is 0. The van der Waals surface area contributed by atoms with Crippen molar-refractivity contribution in [1.29, 1.82) is 0 Å². The first-order valence-corrected chi connectivity index (χ1v) is 12.2. The molecule has 2 aromatic rings. The molecule has 1 saturated heterocycles. The number of imidazole rings is 1. The van der Waals surface area contributed by atoms with Crippen molar-refractivity contribution in [3.8, 4) is 0 Å². The van der Waals surface area contributed by atoms with E-state index < -0.39 is 0 Å². The van der Waals surface area contributed by atoms with E-state index in [-0.39, 0.29) is 23.5 Å². The standard InChI is InChI=1S/C24H32N4O2S/c1-5-7-18-17(6-2)21(28-14-25-13-20(18)28)19-12-24(23(19)29)8-10-27(11-9-24)31-22-15(3)26-30-16(22)4/h5,7,13-14,19,21,23,29H,6,8-12H2,1-4H3/b7-5-. The third-order valence-corrected chi connectivity index (χ3v) is 9.03. The molecule has 31 heavy (non-hydrogen) atoms. The van der Waals surface area contributed by atoms with E-state index in [2.05, 4.69) is 45.0 Å². The number of aliphatic hydroxyl groups is 1. The van der Waals surface area contributed by atoms with Gasteiger partial charge in [-0.05, 0) is 69.4 Å². The van der Waals surface area contributed by atoms with Crippen molar-refractivity contribution in [3.05, 3.63) is 47.4 Å². The highest BCUT2D eigenvalue weighted by molar-refractivity contribution is 7.97. The van der Waals surface area contributed by atoms with E-state index in [9.17, 15) is 5.11 Å². The molecule has 5 rings (SSSR count). The summed E-state index contributed by atoms with van der Waals surface area (Å²) >= 11 is 1.76. The van der Waals surface area contributed by atoms with Crippen LogP contribution in [0.15, 0.2) is 39.7 Å². The maximum atomic E-state index is 11.4. The molecule has 4 heterocycles. The lowest BCUT2D eigenvalue weighted by Crippen LogP contribution is -2.58. The van der Waals surface area contributed by atoms with Gasteiger partial charge < -0.3 is 14.2 Å². The van der Waals surface area contributed by atoms with Gasteiger partial charge in [-0.25, -0.2) is 9.29 Å². The van der Waals surface area contributed by atoms with Crippen molar-refractivity contribution in [1.82, 2.24) is 19.0 Å². The highest BCUT2D eigenvalue weighted by atomic mass is 32.2. The van der Waals surface area contributed by atoms with Gasteiger partial charge in [0.25, 0.3) is 0 Å². The fourth-order valence-corrected chi connectivity index (χ4v) is 6.95. The number of aryl methyl sites for hydroxylation is 2. The Morgan fingerprint density at radius 3 is 2.71 bits per heavy atom. The second-order valence-corrected chi connectivity index (χ2v) is 10.4. The van der Waals surface area contributed by atoms with E-state index in [4.69, 9.17) is 4.52 Å². The molecule has 0 amide bonds. The molecule has 1 saturated carbocycles. The zero-order valence-corrected chi connectivity index (χ0v) is 19.7. The molecule has 3 aliphatic rings. The van der Waals surface area contributed by atoms with Gasteiger partial charge >= 0.3 is 0 Å². The fraction of sp³-hybridized carbons (Fsp3) is 0.583. The number of piperidine rings is 1. The largest absolute Gasteiger partial charge is 0.392 e. The monoisotopic (exact) mass is 440 g/mol. The molecule has 1 N–H and O–H groups in total. The summed E-state index contributed by atoms with van der Waals surface area (Å²) < 4.78 is 10.0. The van der Waals surface area contributed by atoms with E-state index in [1.165, 1.54) is 16.8 Å². The second-order valence-electron chi connectivity index (χ2n) is 9.27. The molecule has 6 nitrogen and oxygen atoms in total. The van der Waals surface area contributed by atoms with Crippen LogP contribution in [0.4, 0.5) is 0 Å². The minimum absolute atomic E-state index is 0.0589. The Morgan fingerprint density at radius 2 is 2.10 bits per heavy atom. The quantitative estimate of drug-likeness (QED) is 0.664. The molecular weight excluding hydrogens is 408 g/mol. The lowest BCUT2D eigenvalue weighted by Gasteiger charge is -2.58. The van der Waals surface area contributed by atoms with Crippen molar-refractivity contribution >= 4 is 17.5 Å². The molecular formula is C24H32N4O2S. The number of aromatic nitrogens is 3. The summed E-state index contributed by atoms with van der Waals surface area (Å²) in [4.78, 5) is 5.55. The van der Waals surface area contributed by atoms with E-state index in [0.717, 1.165) is 55.1 Å². The number of nitrogens with zero attached hydrogens (tertiary/aromatic N) is 4. The molecule has 2 aromatic heterocycles. The van der Waals surface area contributed by atoms with Crippen LogP contribution in [0, 0.1) is 25.2 Å². The Balaban J connectivity index is 1.29. The summed E-state index contributed by atoms with van der Waals surface area (Å²) in [5.74, 6) is 1.16. The predicted octanol–water partition coefficient (Wildman–Crippen LogP) is 4.95. The van der Waals surface area contributed by atoms with E-state index in [1.807, 2.05) is 26.4 Å². The lowest BCUT2D eigenvalue weighted by atomic mass is 9.53. The van der Waals surface area contributed by atoms with Crippen molar-refractivity contribution in [2.24, 2.45) is 11.3 Å². The average molecular weight is 441 g/mol. The Morgan fingerprint density at radius 1 is 1.32 bits per heavy atom. The molecule has 166 valence electrons. The number of hydrogen-bond acceptors (Lipinski definition) is 6. The topological polar surface area (TPSA) is 67.3 Å². The zero-order chi connectivity index (χ0) is 21.8. The molecule has 0 radical (unpaired) electrons. The van der Waals surface area contributed by atoms with Crippen LogP contribution in [-0.4, -0.2) is 43.3 Å². The van der Waals surface area contributed by atoms with Gasteiger partial charge in [-0.2, -0.15) is 0 Å². The molecule has 2 fully saturated rings. The Labute approximate surface area is 188 Å². The summed E-state index contributed by atoms with van der Waals surface area (Å²) in [5.41, 5.74) is 4.95. The Hall–Kier alpha value is -1.83. The number of fused-ring (bicyclic) bond motifs is 1. The Kier molecular flexibility index (Phi) is 5.39. The van der Waals surface area contributed by atoms with E-state index in [1.54, 1.807) is 11.9 Å². The molecule has 1 aliphatic carbocycles. The lowest BCUT2D eigenvalue weighted by molar-refractivity contribution is -0.152. The van der Waals surface area contributed by atoms with Crippen LogP contribution in [0.2, 0.25) is 0 Å². The summed E-state index contributed by atoms with van der Waals surface area (Å²) in [5, 5.41) is 15.5. The van der Waals surface area contributed by atoms with Crippen LogP contribution in [0.25, 0.3) is 5.57 Å². The predicted molar refractivity (Wildman–Crippen MR) is 122 cm³/mol. The molecule has 0 bridgehead atoms. The zero-order valence-electron chi connectivity index (χ0n) is 18.8. The van der Waals surface area contributed by atoms with Crippen molar-refractivity contribution in [2.45, 2.75) is 70.4 Å². The number of hydrogen-bond donors (Lipinski definition) is 1. The van der Waals surface area contributed by atoms with Gasteiger partial charge in [0.1, 0.15) is 5.76 Å². The SMILES string of the molecule is C/C=C\C1=C(CC)C(C2CC3(CCN(Sc4c(C)noc4C)CC3)C2O)n2cncc21. The first-order chi connectivity index (χ1) is 15.0. The molecule has 3 atom stereocenters. The van der Waals surface area contributed by atoms with Crippen LogP contribution in [0.3, 0.4) is 0 Å². The van der Waals surface area contributed by atoms with Gasteiger partial charge in [0, 0.05) is 24.6 Å². The highest BCUT2D eigenvalue weighted by Crippen LogP contribution is 2.60. The second kappa shape index (κ2) is 7.94.